The number of methoxy groups -OCH3 is 1. The molecule has 0 saturated carbocycles. The molecule has 1 aliphatic rings. The van der Waals surface area contributed by atoms with Crippen LogP contribution in [0.5, 0.6) is 0 Å². The van der Waals surface area contributed by atoms with E-state index in [4.69, 9.17) is 10.00 Å². The third-order valence-electron chi connectivity index (χ3n) is 2.82. The molecule has 0 bridgehead atoms. The smallest absolute Gasteiger partial charge is 0.328 e. The van der Waals surface area contributed by atoms with Crippen molar-refractivity contribution in [3.63, 3.8) is 0 Å². The number of esters is 1. The summed E-state index contributed by atoms with van der Waals surface area (Å²) in [4.78, 5) is 13.4. The first-order valence-electron chi connectivity index (χ1n) is 5.11. The summed E-state index contributed by atoms with van der Waals surface area (Å²) in [6, 6.07) is 9.11. The van der Waals surface area contributed by atoms with Crippen molar-refractivity contribution in [2.45, 2.75) is 12.5 Å². The molecule has 1 atom stereocenters. The van der Waals surface area contributed by atoms with Crippen LogP contribution in [0.2, 0.25) is 0 Å². The van der Waals surface area contributed by atoms with Crippen molar-refractivity contribution in [2.24, 2.45) is 0 Å². The molecule has 1 heterocycles. The molecule has 0 aliphatic carbocycles. The topological polar surface area (TPSA) is 53.3 Å². The van der Waals surface area contributed by atoms with Crippen molar-refractivity contribution in [2.75, 3.05) is 18.6 Å². The number of carbonyl (C=O) groups excluding carboxylic acids is 1. The number of anilines is 1. The molecule has 0 amide bonds. The van der Waals surface area contributed by atoms with Gasteiger partial charge in [0.25, 0.3) is 0 Å². The van der Waals surface area contributed by atoms with Gasteiger partial charge in [-0.15, -0.1) is 0 Å². The number of hydrogen-bond acceptors (Lipinski definition) is 4. The first-order valence-corrected chi connectivity index (χ1v) is 5.11. The Kier molecular flexibility index (Phi) is 2.78. The number of ether oxygens (including phenoxy) is 1. The average molecular weight is 216 g/mol. The molecule has 0 radical (unpaired) electrons. The van der Waals surface area contributed by atoms with Crippen molar-refractivity contribution < 1.29 is 9.53 Å². The molecule has 1 aromatic carbocycles. The maximum atomic E-state index is 11.4. The number of rotatable bonds is 2. The van der Waals surface area contributed by atoms with Gasteiger partial charge in [-0.2, -0.15) is 5.26 Å². The van der Waals surface area contributed by atoms with Gasteiger partial charge in [-0.25, -0.2) is 4.79 Å². The van der Waals surface area contributed by atoms with E-state index in [0.29, 0.717) is 5.56 Å². The molecule has 1 aliphatic heterocycles. The fourth-order valence-electron chi connectivity index (χ4n) is 1.80. The van der Waals surface area contributed by atoms with E-state index in [1.54, 1.807) is 12.1 Å². The lowest BCUT2D eigenvalue weighted by Gasteiger charge is -2.40. The highest BCUT2D eigenvalue weighted by molar-refractivity contribution is 5.82. The Labute approximate surface area is 94.0 Å². The molecular formula is C12H12N2O2. The van der Waals surface area contributed by atoms with E-state index in [2.05, 4.69) is 6.07 Å². The highest BCUT2D eigenvalue weighted by Gasteiger charge is 2.34. The number of carbonyl (C=O) groups is 1. The van der Waals surface area contributed by atoms with E-state index in [9.17, 15) is 4.79 Å². The van der Waals surface area contributed by atoms with Crippen molar-refractivity contribution in [1.82, 2.24) is 0 Å². The highest BCUT2D eigenvalue weighted by atomic mass is 16.5. The summed E-state index contributed by atoms with van der Waals surface area (Å²) in [5.74, 6) is -0.199. The quantitative estimate of drug-likeness (QED) is 0.699. The Hall–Kier alpha value is -2.02. The lowest BCUT2D eigenvalue weighted by molar-refractivity contribution is -0.143. The Bertz CT molecular complexity index is 433. The van der Waals surface area contributed by atoms with E-state index >= 15 is 0 Å². The second-order valence-electron chi connectivity index (χ2n) is 3.68. The summed E-state index contributed by atoms with van der Waals surface area (Å²) in [6.45, 7) is 0.853. The third-order valence-corrected chi connectivity index (χ3v) is 2.82. The largest absolute Gasteiger partial charge is 0.467 e. The van der Waals surface area contributed by atoms with Crippen LogP contribution in [0, 0.1) is 11.3 Å². The zero-order chi connectivity index (χ0) is 11.5. The molecule has 0 N–H and O–H groups in total. The van der Waals surface area contributed by atoms with Gasteiger partial charge in [0.2, 0.25) is 0 Å². The van der Waals surface area contributed by atoms with Gasteiger partial charge in [0.1, 0.15) is 6.04 Å². The van der Waals surface area contributed by atoms with Crippen LogP contribution < -0.4 is 4.90 Å². The van der Waals surface area contributed by atoms with Crippen LogP contribution in [0.3, 0.4) is 0 Å². The second kappa shape index (κ2) is 4.23. The summed E-state index contributed by atoms with van der Waals surface area (Å²) >= 11 is 0. The van der Waals surface area contributed by atoms with Gasteiger partial charge in [-0.3, -0.25) is 0 Å². The number of benzene rings is 1. The molecule has 4 nitrogen and oxygen atoms in total. The van der Waals surface area contributed by atoms with Gasteiger partial charge >= 0.3 is 5.97 Å². The molecule has 16 heavy (non-hydrogen) atoms. The zero-order valence-electron chi connectivity index (χ0n) is 9.01. The van der Waals surface area contributed by atoms with Crippen molar-refractivity contribution in [1.29, 1.82) is 5.26 Å². The molecule has 0 spiro atoms. The number of nitrogens with zero attached hydrogens (tertiary/aromatic N) is 2. The second-order valence-corrected chi connectivity index (χ2v) is 3.68. The van der Waals surface area contributed by atoms with Crippen molar-refractivity contribution in [3.05, 3.63) is 29.8 Å². The standard InChI is InChI=1S/C12H12N2O2/c1-16-12(15)11-6-7-14(11)10-4-2-9(8-13)3-5-10/h2-5,11H,6-7H2,1H3. The Morgan fingerprint density at radius 1 is 1.50 bits per heavy atom. The Balaban J connectivity index is 2.13. The first kappa shape index (κ1) is 10.5. The zero-order valence-corrected chi connectivity index (χ0v) is 9.01. The molecular weight excluding hydrogens is 204 g/mol. The normalized spacial score (nSPS) is 18.5. The average Bonchev–Trinajstić information content (AvgIpc) is 2.28. The summed E-state index contributed by atoms with van der Waals surface area (Å²) in [7, 11) is 1.40. The fourth-order valence-corrected chi connectivity index (χ4v) is 1.80. The molecule has 2 rings (SSSR count). The van der Waals surface area contributed by atoms with E-state index < -0.39 is 0 Å². The molecule has 1 aromatic rings. The summed E-state index contributed by atoms with van der Waals surface area (Å²) in [5.41, 5.74) is 1.58. The van der Waals surface area contributed by atoms with E-state index in [0.717, 1.165) is 18.7 Å². The molecule has 1 saturated heterocycles. The number of hydrogen-bond donors (Lipinski definition) is 0. The molecule has 82 valence electrons. The minimum Gasteiger partial charge on any atom is -0.467 e. The third kappa shape index (κ3) is 1.72. The van der Waals surface area contributed by atoms with Crippen LogP contribution >= 0.6 is 0 Å². The van der Waals surface area contributed by atoms with Gasteiger partial charge < -0.3 is 9.64 Å². The summed E-state index contributed by atoms with van der Waals surface area (Å²) < 4.78 is 4.72. The Morgan fingerprint density at radius 3 is 2.62 bits per heavy atom. The van der Waals surface area contributed by atoms with E-state index in [-0.39, 0.29) is 12.0 Å². The highest BCUT2D eigenvalue weighted by Crippen LogP contribution is 2.27. The SMILES string of the molecule is COC(=O)C1CCN1c1ccc(C#N)cc1. The monoisotopic (exact) mass is 216 g/mol. The fraction of sp³-hybridized carbons (Fsp3) is 0.333. The maximum Gasteiger partial charge on any atom is 0.328 e. The predicted octanol–water partition coefficient (Wildman–Crippen LogP) is 1.31. The van der Waals surface area contributed by atoms with Crippen LogP contribution in [-0.2, 0) is 9.53 Å². The minimum atomic E-state index is -0.199. The Morgan fingerprint density at radius 2 is 2.19 bits per heavy atom. The molecule has 4 heteroatoms. The van der Waals surface area contributed by atoms with E-state index in [1.165, 1.54) is 7.11 Å². The molecule has 1 fully saturated rings. The van der Waals surface area contributed by atoms with Gasteiger partial charge in [-0.1, -0.05) is 0 Å². The van der Waals surface area contributed by atoms with Gasteiger partial charge in [0.15, 0.2) is 0 Å². The summed E-state index contributed by atoms with van der Waals surface area (Å²) in [5, 5.41) is 8.68. The van der Waals surface area contributed by atoms with Gasteiger partial charge in [-0.05, 0) is 30.7 Å². The van der Waals surface area contributed by atoms with Crippen LogP contribution in [-0.4, -0.2) is 25.7 Å². The first-order chi connectivity index (χ1) is 7.76. The van der Waals surface area contributed by atoms with Crippen LogP contribution in [0.4, 0.5) is 5.69 Å². The predicted molar refractivity (Wildman–Crippen MR) is 58.9 cm³/mol. The van der Waals surface area contributed by atoms with Crippen LogP contribution in [0.1, 0.15) is 12.0 Å². The van der Waals surface area contributed by atoms with Gasteiger partial charge in [0.05, 0.1) is 18.7 Å². The summed E-state index contributed by atoms with van der Waals surface area (Å²) in [6.07, 6.45) is 0.826. The lowest BCUT2D eigenvalue weighted by Crippen LogP contribution is -2.53. The van der Waals surface area contributed by atoms with Crippen molar-refractivity contribution in [3.8, 4) is 6.07 Å². The van der Waals surface area contributed by atoms with Crippen LogP contribution in [0.25, 0.3) is 0 Å². The minimum absolute atomic E-state index is 0.169. The number of nitriles is 1. The lowest BCUT2D eigenvalue weighted by atomic mass is 10.0. The molecule has 0 aromatic heterocycles. The molecule has 1 unspecified atom stereocenters. The van der Waals surface area contributed by atoms with Gasteiger partial charge in [0, 0.05) is 12.2 Å². The maximum absolute atomic E-state index is 11.4. The van der Waals surface area contributed by atoms with Crippen molar-refractivity contribution >= 4 is 11.7 Å². The van der Waals surface area contributed by atoms with Crippen LogP contribution in [0.15, 0.2) is 24.3 Å². The van der Waals surface area contributed by atoms with E-state index in [1.807, 2.05) is 17.0 Å².